The topological polar surface area (TPSA) is 85.1 Å². The number of aromatic nitrogens is 1. The van der Waals surface area contributed by atoms with Crippen molar-refractivity contribution < 1.29 is 9.59 Å². The van der Waals surface area contributed by atoms with E-state index in [0.717, 1.165) is 21.3 Å². The van der Waals surface area contributed by atoms with Gasteiger partial charge in [-0.3, -0.25) is 9.59 Å². The highest BCUT2D eigenvalue weighted by molar-refractivity contribution is 7.18. The number of carbonyl (C=O) groups excluding carboxylic acids is 2. The molecule has 5 nitrogen and oxygen atoms in total. The standard InChI is InChI=1S/C19H15N3O2S/c20-17(23)12-21-18(24)11-19-22-15-10-14(8-9-16(15)25-19)7-6-13-4-2-1-3-5-13/h1-5,8-10H,11-12H2,(H2,20,23)(H,21,24). The third-order valence-electron chi connectivity index (χ3n) is 3.33. The van der Waals surface area contributed by atoms with Crippen molar-refractivity contribution in [3.63, 3.8) is 0 Å². The number of rotatable bonds is 4. The molecule has 0 atom stereocenters. The van der Waals surface area contributed by atoms with Crippen LogP contribution in [0.5, 0.6) is 0 Å². The Morgan fingerprint density at radius 1 is 1.08 bits per heavy atom. The summed E-state index contributed by atoms with van der Waals surface area (Å²) in [7, 11) is 0. The zero-order chi connectivity index (χ0) is 17.6. The summed E-state index contributed by atoms with van der Waals surface area (Å²) in [6.45, 7) is -0.164. The Balaban J connectivity index is 1.74. The number of amides is 2. The van der Waals surface area contributed by atoms with Gasteiger partial charge in [-0.25, -0.2) is 4.98 Å². The van der Waals surface area contributed by atoms with E-state index in [0.29, 0.717) is 5.01 Å². The van der Waals surface area contributed by atoms with Gasteiger partial charge in [0.05, 0.1) is 23.2 Å². The van der Waals surface area contributed by atoms with Crippen LogP contribution in [-0.4, -0.2) is 23.3 Å². The molecule has 0 radical (unpaired) electrons. The van der Waals surface area contributed by atoms with Crippen molar-refractivity contribution in [2.75, 3.05) is 6.54 Å². The number of thiazole rings is 1. The lowest BCUT2D eigenvalue weighted by atomic mass is 10.2. The lowest BCUT2D eigenvalue weighted by molar-refractivity contribution is -0.124. The number of hydrogen-bond donors (Lipinski definition) is 2. The van der Waals surface area contributed by atoms with Crippen molar-refractivity contribution in [2.45, 2.75) is 6.42 Å². The molecule has 2 aromatic carbocycles. The van der Waals surface area contributed by atoms with Gasteiger partial charge in [0.15, 0.2) is 0 Å². The number of nitrogens with zero attached hydrogens (tertiary/aromatic N) is 1. The molecule has 0 aliphatic heterocycles. The predicted molar refractivity (Wildman–Crippen MR) is 98.0 cm³/mol. The van der Waals surface area contributed by atoms with Gasteiger partial charge < -0.3 is 11.1 Å². The summed E-state index contributed by atoms with van der Waals surface area (Å²) in [4.78, 5) is 26.9. The molecule has 0 aliphatic rings. The van der Waals surface area contributed by atoms with Gasteiger partial charge in [0.1, 0.15) is 5.01 Å². The Labute approximate surface area is 148 Å². The van der Waals surface area contributed by atoms with Gasteiger partial charge in [-0.15, -0.1) is 11.3 Å². The first-order valence-corrected chi connectivity index (χ1v) is 8.43. The van der Waals surface area contributed by atoms with Crippen molar-refractivity contribution in [3.05, 3.63) is 64.7 Å². The molecule has 0 unspecified atom stereocenters. The van der Waals surface area contributed by atoms with Crippen molar-refractivity contribution >= 4 is 33.4 Å². The van der Waals surface area contributed by atoms with Gasteiger partial charge in [0.25, 0.3) is 0 Å². The van der Waals surface area contributed by atoms with E-state index in [9.17, 15) is 9.59 Å². The van der Waals surface area contributed by atoms with E-state index < -0.39 is 5.91 Å². The van der Waals surface area contributed by atoms with Crippen LogP contribution in [0.1, 0.15) is 16.1 Å². The molecule has 0 saturated carbocycles. The first-order valence-electron chi connectivity index (χ1n) is 7.62. The molecule has 124 valence electrons. The summed E-state index contributed by atoms with van der Waals surface area (Å²) >= 11 is 1.45. The molecule has 6 heteroatoms. The number of fused-ring (bicyclic) bond motifs is 1. The van der Waals surface area contributed by atoms with Crippen LogP contribution in [0.25, 0.3) is 10.2 Å². The lowest BCUT2D eigenvalue weighted by Crippen LogP contribution is -2.34. The molecule has 0 spiro atoms. The molecule has 3 aromatic rings. The predicted octanol–water partition coefficient (Wildman–Crippen LogP) is 1.84. The van der Waals surface area contributed by atoms with Gasteiger partial charge in [-0.2, -0.15) is 0 Å². The van der Waals surface area contributed by atoms with Crippen molar-refractivity contribution in [3.8, 4) is 11.8 Å². The van der Waals surface area contributed by atoms with Crippen LogP contribution < -0.4 is 11.1 Å². The third kappa shape index (κ3) is 4.66. The molecule has 0 fully saturated rings. The zero-order valence-corrected chi connectivity index (χ0v) is 14.1. The maximum Gasteiger partial charge on any atom is 0.236 e. The van der Waals surface area contributed by atoms with Crippen molar-refractivity contribution in [1.82, 2.24) is 10.3 Å². The number of benzene rings is 2. The fourth-order valence-corrected chi connectivity index (χ4v) is 3.13. The Morgan fingerprint density at radius 3 is 2.60 bits per heavy atom. The van der Waals surface area contributed by atoms with Gasteiger partial charge >= 0.3 is 0 Å². The van der Waals surface area contributed by atoms with E-state index in [1.54, 1.807) is 0 Å². The molecule has 3 N–H and O–H groups in total. The minimum atomic E-state index is -0.570. The fraction of sp³-hybridized carbons (Fsp3) is 0.105. The van der Waals surface area contributed by atoms with E-state index in [-0.39, 0.29) is 18.9 Å². The molecule has 3 rings (SSSR count). The van der Waals surface area contributed by atoms with Crippen LogP contribution in [0.4, 0.5) is 0 Å². The van der Waals surface area contributed by atoms with E-state index in [4.69, 9.17) is 5.73 Å². The highest BCUT2D eigenvalue weighted by Crippen LogP contribution is 2.23. The third-order valence-corrected chi connectivity index (χ3v) is 4.36. The average molecular weight is 349 g/mol. The Morgan fingerprint density at radius 2 is 1.84 bits per heavy atom. The first-order chi connectivity index (χ1) is 12.1. The van der Waals surface area contributed by atoms with Crippen LogP contribution in [0, 0.1) is 11.8 Å². The second kappa shape index (κ2) is 7.60. The van der Waals surface area contributed by atoms with Crippen LogP contribution in [0.3, 0.4) is 0 Å². The fourth-order valence-electron chi connectivity index (χ4n) is 2.18. The number of nitrogens with two attached hydrogens (primary N) is 1. The summed E-state index contributed by atoms with van der Waals surface area (Å²) in [6, 6.07) is 15.6. The minimum Gasteiger partial charge on any atom is -0.368 e. The maximum absolute atomic E-state index is 11.7. The second-order valence-corrected chi connectivity index (χ2v) is 6.44. The Hall–Kier alpha value is -3.17. The maximum atomic E-state index is 11.7. The van der Waals surface area contributed by atoms with Gasteiger partial charge in [0, 0.05) is 11.1 Å². The Bertz CT molecular complexity index is 984. The quantitative estimate of drug-likeness (QED) is 0.705. The molecule has 1 heterocycles. The SMILES string of the molecule is NC(=O)CNC(=O)Cc1nc2cc(C#Cc3ccccc3)ccc2s1. The molecule has 1 aromatic heterocycles. The van der Waals surface area contributed by atoms with E-state index >= 15 is 0 Å². The first kappa shape index (κ1) is 16.7. The molecular formula is C19H15N3O2S. The zero-order valence-electron chi connectivity index (χ0n) is 13.3. The van der Waals surface area contributed by atoms with E-state index in [1.807, 2.05) is 48.5 Å². The van der Waals surface area contributed by atoms with Crippen LogP contribution in [0.2, 0.25) is 0 Å². The van der Waals surface area contributed by atoms with Crippen LogP contribution >= 0.6 is 11.3 Å². The monoisotopic (exact) mass is 349 g/mol. The molecule has 0 saturated heterocycles. The Kier molecular flexibility index (Phi) is 5.07. The van der Waals surface area contributed by atoms with Crippen molar-refractivity contribution in [2.24, 2.45) is 5.73 Å². The molecule has 0 aliphatic carbocycles. The second-order valence-electron chi connectivity index (χ2n) is 5.33. The highest BCUT2D eigenvalue weighted by Gasteiger charge is 2.09. The molecule has 25 heavy (non-hydrogen) atoms. The number of nitrogens with one attached hydrogen (secondary N) is 1. The number of carbonyl (C=O) groups is 2. The minimum absolute atomic E-state index is 0.123. The van der Waals surface area contributed by atoms with E-state index in [2.05, 4.69) is 22.1 Å². The summed E-state index contributed by atoms with van der Waals surface area (Å²) < 4.78 is 0.989. The van der Waals surface area contributed by atoms with Crippen molar-refractivity contribution in [1.29, 1.82) is 0 Å². The summed E-state index contributed by atoms with van der Waals surface area (Å²) in [5, 5.41) is 3.14. The smallest absolute Gasteiger partial charge is 0.236 e. The molecule has 0 bridgehead atoms. The average Bonchev–Trinajstić information content (AvgIpc) is 3.00. The van der Waals surface area contributed by atoms with Gasteiger partial charge in [-0.05, 0) is 30.3 Å². The normalized spacial score (nSPS) is 10.1. The summed E-state index contributed by atoms with van der Waals surface area (Å²) in [6.07, 6.45) is 0.123. The summed E-state index contributed by atoms with van der Waals surface area (Å²) in [5.74, 6) is 5.38. The molecule has 2 amide bonds. The van der Waals surface area contributed by atoms with E-state index in [1.165, 1.54) is 11.3 Å². The van der Waals surface area contributed by atoms with Gasteiger partial charge in [0.2, 0.25) is 11.8 Å². The highest BCUT2D eigenvalue weighted by atomic mass is 32.1. The van der Waals surface area contributed by atoms with Crippen LogP contribution in [-0.2, 0) is 16.0 Å². The molecular weight excluding hydrogens is 334 g/mol. The number of primary amides is 1. The van der Waals surface area contributed by atoms with Crippen LogP contribution in [0.15, 0.2) is 48.5 Å². The largest absolute Gasteiger partial charge is 0.368 e. The van der Waals surface area contributed by atoms with Gasteiger partial charge in [-0.1, -0.05) is 30.0 Å². The summed E-state index contributed by atoms with van der Waals surface area (Å²) in [5.41, 5.74) is 7.63. The lowest BCUT2D eigenvalue weighted by Gasteiger charge is -1.99. The number of hydrogen-bond acceptors (Lipinski definition) is 4.